The Balaban J connectivity index is 1.69. The quantitative estimate of drug-likeness (QED) is 0.793. The molecule has 0 saturated carbocycles. The van der Waals surface area contributed by atoms with Crippen molar-refractivity contribution in [3.8, 4) is 17.2 Å². The monoisotopic (exact) mass is 384 g/mol. The van der Waals surface area contributed by atoms with Gasteiger partial charge in [0.1, 0.15) is 5.75 Å². The number of carbonyl (C=O) groups is 2. The van der Waals surface area contributed by atoms with Crippen LogP contribution in [0.4, 0.5) is 11.4 Å². The Hall–Kier alpha value is -3.22. The second-order valence-electron chi connectivity index (χ2n) is 6.38. The maximum absolute atomic E-state index is 12.3. The molecule has 1 fully saturated rings. The number of ether oxygens (including phenoxy) is 3. The number of methoxy groups -OCH3 is 2. The highest BCUT2D eigenvalue weighted by Gasteiger charge is 2.23. The predicted octanol–water partition coefficient (Wildman–Crippen LogP) is 3.24. The van der Waals surface area contributed by atoms with Crippen LogP contribution >= 0.6 is 0 Å². The zero-order valence-corrected chi connectivity index (χ0v) is 16.1. The lowest BCUT2D eigenvalue weighted by Gasteiger charge is -2.28. The van der Waals surface area contributed by atoms with Crippen LogP contribution in [0.25, 0.3) is 0 Å². The number of para-hydroxylation sites is 2. The molecule has 1 saturated heterocycles. The van der Waals surface area contributed by atoms with Crippen molar-refractivity contribution in [2.45, 2.75) is 19.3 Å². The molecule has 148 valence electrons. The van der Waals surface area contributed by atoms with Crippen LogP contribution < -0.4 is 24.4 Å². The van der Waals surface area contributed by atoms with E-state index >= 15 is 0 Å². The van der Waals surface area contributed by atoms with E-state index in [0.717, 1.165) is 12.8 Å². The van der Waals surface area contributed by atoms with Gasteiger partial charge in [0.05, 0.1) is 19.9 Å². The zero-order chi connectivity index (χ0) is 19.9. The summed E-state index contributed by atoms with van der Waals surface area (Å²) in [5.41, 5.74) is 1.23. The largest absolute Gasteiger partial charge is 0.495 e. The molecule has 0 aromatic heterocycles. The second kappa shape index (κ2) is 9.12. The molecule has 3 rings (SSSR count). The number of hydrogen-bond acceptors (Lipinski definition) is 5. The van der Waals surface area contributed by atoms with Gasteiger partial charge >= 0.3 is 0 Å². The minimum absolute atomic E-state index is 0.0625. The summed E-state index contributed by atoms with van der Waals surface area (Å²) in [6.07, 6.45) is 2.36. The van der Waals surface area contributed by atoms with Crippen molar-refractivity contribution in [2.75, 3.05) is 37.6 Å². The molecular formula is C21H24N2O5. The molecule has 2 aromatic rings. The second-order valence-corrected chi connectivity index (χ2v) is 6.38. The van der Waals surface area contributed by atoms with E-state index in [2.05, 4.69) is 5.32 Å². The number of amides is 2. The van der Waals surface area contributed by atoms with Crippen molar-refractivity contribution >= 4 is 23.2 Å². The van der Waals surface area contributed by atoms with Gasteiger partial charge < -0.3 is 24.4 Å². The SMILES string of the molecule is COc1ccccc1OCC(=O)Nc1ccc(OC)c(N2CCCCC2=O)c1. The number of nitrogens with zero attached hydrogens (tertiary/aromatic N) is 1. The smallest absolute Gasteiger partial charge is 0.262 e. The van der Waals surface area contributed by atoms with Crippen molar-refractivity contribution in [3.05, 3.63) is 42.5 Å². The topological polar surface area (TPSA) is 77.1 Å². The van der Waals surface area contributed by atoms with Gasteiger partial charge in [-0.25, -0.2) is 0 Å². The Morgan fingerprint density at radius 1 is 1.04 bits per heavy atom. The predicted molar refractivity (Wildman–Crippen MR) is 106 cm³/mol. The van der Waals surface area contributed by atoms with Crippen molar-refractivity contribution in [1.29, 1.82) is 0 Å². The number of carbonyl (C=O) groups excluding carboxylic acids is 2. The van der Waals surface area contributed by atoms with Gasteiger partial charge in [-0.05, 0) is 43.2 Å². The van der Waals surface area contributed by atoms with Gasteiger partial charge in [0, 0.05) is 18.7 Å². The molecule has 1 N–H and O–H groups in total. The van der Waals surface area contributed by atoms with Crippen molar-refractivity contribution in [1.82, 2.24) is 0 Å². The number of anilines is 2. The van der Waals surface area contributed by atoms with Gasteiger partial charge in [0.25, 0.3) is 5.91 Å². The summed E-state index contributed by atoms with van der Waals surface area (Å²) in [6, 6.07) is 12.4. The minimum Gasteiger partial charge on any atom is -0.495 e. The Kier molecular flexibility index (Phi) is 6.37. The average molecular weight is 384 g/mol. The first-order chi connectivity index (χ1) is 13.6. The summed E-state index contributed by atoms with van der Waals surface area (Å²) in [7, 11) is 3.11. The third kappa shape index (κ3) is 4.54. The molecule has 0 atom stereocenters. The normalized spacial score (nSPS) is 13.8. The third-order valence-corrected chi connectivity index (χ3v) is 4.50. The Morgan fingerprint density at radius 2 is 1.79 bits per heavy atom. The first kappa shape index (κ1) is 19.5. The molecule has 2 aromatic carbocycles. The van der Waals surface area contributed by atoms with Gasteiger partial charge in [0.2, 0.25) is 5.91 Å². The summed E-state index contributed by atoms with van der Waals surface area (Å²) < 4.78 is 16.1. The fourth-order valence-corrected chi connectivity index (χ4v) is 3.12. The maximum atomic E-state index is 12.3. The van der Waals surface area contributed by atoms with Crippen LogP contribution in [0, 0.1) is 0 Å². The van der Waals surface area contributed by atoms with Crippen molar-refractivity contribution in [3.63, 3.8) is 0 Å². The third-order valence-electron chi connectivity index (χ3n) is 4.50. The summed E-state index contributed by atoms with van der Waals surface area (Å²) in [5, 5.41) is 2.80. The fourth-order valence-electron chi connectivity index (χ4n) is 3.12. The van der Waals surface area contributed by atoms with Crippen molar-refractivity contribution in [2.24, 2.45) is 0 Å². The number of rotatable bonds is 7. The van der Waals surface area contributed by atoms with Crippen LogP contribution in [-0.4, -0.2) is 39.2 Å². The van der Waals surface area contributed by atoms with Crippen LogP contribution in [0.5, 0.6) is 17.2 Å². The van der Waals surface area contributed by atoms with Gasteiger partial charge in [-0.2, -0.15) is 0 Å². The van der Waals surface area contributed by atoms with Crippen LogP contribution in [-0.2, 0) is 9.59 Å². The fraction of sp³-hybridized carbons (Fsp3) is 0.333. The average Bonchev–Trinajstić information content (AvgIpc) is 2.73. The van der Waals surface area contributed by atoms with E-state index in [-0.39, 0.29) is 18.4 Å². The Morgan fingerprint density at radius 3 is 2.50 bits per heavy atom. The zero-order valence-electron chi connectivity index (χ0n) is 16.1. The van der Waals surface area contributed by atoms with Crippen LogP contribution in [0.1, 0.15) is 19.3 Å². The summed E-state index contributed by atoms with van der Waals surface area (Å²) >= 11 is 0. The minimum atomic E-state index is -0.313. The highest BCUT2D eigenvalue weighted by atomic mass is 16.5. The van der Waals surface area contributed by atoms with Crippen molar-refractivity contribution < 1.29 is 23.8 Å². The highest BCUT2D eigenvalue weighted by molar-refractivity contribution is 5.97. The van der Waals surface area contributed by atoms with Gasteiger partial charge in [-0.3, -0.25) is 9.59 Å². The Labute approximate surface area is 164 Å². The Bertz CT molecular complexity index is 852. The molecule has 7 heteroatoms. The molecule has 0 spiro atoms. The molecule has 7 nitrogen and oxygen atoms in total. The molecule has 28 heavy (non-hydrogen) atoms. The van der Waals surface area contributed by atoms with Gasteiger partial charge in [-0.1, -0.05) is 12.1 Å². The van der Waals surface area contributed by atoms with Gasteiger partial charge in [0.15, 0.2) is 18.1 Å². The van der Waals surface area contributed by atoms with E-state index in [1.807, 2.05) is 6.07 Å². The molecular weight excluding hydrogens is 360 g/mol. The summed E-state index contributed by atoms with van der Waals surface area (Å²) in [5.74, 6) is 1.40. The number of benzene rings is 2. The lowest BCUT2D eigenvalue weighted by atomic mass is 10.1. The van der Waals surface area contributed by atoms with Gasteiger partial charge in [-0.15, -0.1) is 0 Å². The van der Waals surface area contributed by atoms with E-state index in [4.69, 9.17) is 14.2 Å². The first-order valence-electron chi connectivity index (χ1n) is 9.16. The molecule has 0 bridgehead atoms. The van der Waals surface area contributed by atoms with E-state index in [0.29, 0.717) is 41.6 Å². The van der Waals surface area contributed by atoms with Crippen LogP contribution in [0.2, 0.25) is 0 Å². The lowest BCUT2D eigenvalue weighted by molar-refractivity contribution is -0.119. The van der Waals surface area contributed by atoms with Crippen LogP contribution in [0.15, 0.2) is 42.5 Å². The number of hydrogen-bond donors (Lipinski definition) is 1. The number of nitrogens with one attached hydrogen (secondary N) is 1. The number of piperidine rings is 1. The molecule has 1 heterocycles. The summed E-state index contributed by atoms with van der Waals surface area (Å²) in [4.78, 5) is 26.3. The molecule has 0 aliphatic carbocycles. The summed E-state index contributed by atoms with van der Waals surface area (Å²) in [6.45, 7) is 0.480. The van der Waals surface area contributed by atoms with Crippen LogP contribution in [0.3, 0.4) is 0 Å². The maximum Gasteiger partial charge on any atom is 0.262 e. The molecule has 0 radical (unpaired) electrons. The molecule has 0 unspecified atom stereocenters. The first-order valence-corrected chi connectivity index (χ1v) is 9.16. The standard InChI is InChI=1S/C21H24N2O5/c1-26-17-11-10-15(13-16(17)23-12-6-5-9-21(23)25)22-20(24)14-28-19-8-4-3-7-18(19)27-2/h3-4,7-8,10-11,13H,5-6,9,12,14H2,1-2H3,(H,22,24). The molecule has 2 amide bonds. The highest BCUT2D eigenvalue weighted by Crippen LogP contribution is 2.33. The van der Waals surface area contributed by atoms with E-state index in [1.54, 1.807) is 55.5 Å². The van der Waals surface area contributed by atoms with E-state index in [1.165, 1.54) is 0 Å². The van der Waals surface area contributed by atoms with E-state index in [9.17, 15) is 9.59 Å². The van der Waals surface area contributed by atoms with E-state index < -0.39 is 0 Å². The molecule has 1 aliphatic rings. The molecule has 1 aliphatic heterocycles. The lowest BCUT2D eigenvalue weighted by Crippen LogP contribution is -2.35.